The maximum Gasteiger partial charge on any atom is 0.253 e. The van der Waals surface area contributed by atoms with Gasteiger partial charge in [-0.1, -0.05) is 0 Å². The van der Waals surface area contributed by atoms with Gasteiger partial charge in [0.15, 0.2) is 0 Å². The van der Waals surface area contributed by atoms with Gasteiger partial charge in [0.2, 0.25) is 0 Å². The first kappa shape index (κ1) is 10.6. The van der Waals surface area contributed by atoms with Gasteiger partial charge in [-0.25, -0.2) is 9.97 Å². The van der Waals surface area contributed by atoms with Gasteiger partial charge in [-0.3, -0.25) is 4.79 Å². The van der Waals surface area contributed by atoms with Crippen LogP contribution in [0, 0.1) is 6.92 Å². The van der Waals surface area contributed by atoms with Gasteiger partial charge >= 0.3 is 0 Å². The SMILES string of the molecule is COC(C)C(=O)Nc1cnc(C)nc1. The van der Waals surface area contributed by atoms with Crippen molar-refractivity contribution in [1.82, 2.24) is 9.97 Å². The van der Waals surface area contributed by atoms with Crippen LogP contribution in [0.25, 0.3) is 0 Å². The number of carbonyl (C=O) groups excluding carboxylic acids is 1. The highest BCUT2D eigenvalue weighted by Gasteiger charge is 2.11. The Morgan fingerprint density at radius 1 is 1.50 bits per heavy atom. The zero-order valence-corrected chi connectivity index (χ0v) is 8.44. The van der Waals surface area contributed by atoms with E-state index in [-0.39, 0.29) is 5.91 Å². The number of nitrogens with zero attached hydrogens (tertiary/aromatic N) is 2. The van der Waals surface area contributed by atoms with Crippen LogP contribution in [0.4, 0.5) is 5.69 Å². The topological polar surface area (TPSA) is 64.1 Å². The van der Waals surface area contributed by atoms with E-state index in [1.165, 1.54) is 7.11 Å². The van der Waals surface area contributed by atoms with Gasteiger partial charge in [-0.05, 0) is 13.8 Å². The van der Waals surface area contributed by atoms with Crippen molar-refractivity contribution in [2.75, 3.05) is 12.4 Å². The van der Waals surface area contributed by atoms with Crippen molar-refractivity contribution >= 4 is 11.6 Å². The Labute approximate surface area is 82.5 Å². The molecule has 0 spiro atoms. The number of hydrogen-bond donors (Lipinski definition) is 1. The predicted molar refractivity (Wildman–Crippen MR) is 51.9 cm³/mol. The molecule has 0 aliphatic carbocycles. The normalized spacial score (nSPS) is 12.2. The van der Waals surface area contributed by atoms with Crippen LogP contribution in [0.5, 0.6) is 0 Å². The molecule has 1 heterocycles. The van der Waals surface area contributed by atoms with Gasteiger partial charge in [0.05, 0.1) is 18.1 Å². The molecule has 0 aliphatic heterocycles. The van der Waals surface area contributed by atoms with Crippen LogP contribution < -0.4 is 5.32 Å². The molecule has 0 aliphatic rings. The summed E-state index contributed by atoms with van der Waals surface area (Å²) in [5.74, 6) is 0.461. The van der Waals surface area contributed by atoms with Gasteiger partial charge in [-0.2, -0.15) is 0 Å². The molecule has 0 bridgehead atoms. The average molecular weight is 195 g/mol. The number of carbonyl (C=O) groups is 1. The fourth-order valence-corrected chi connectivity index (χ4v) is 0.808. The Morgan fingerprint density at radius 2 is 2.07 bits per heavy atom. The molecule has 0 aromatic carbocycles. The molecule has 1 aromatic rings. The van der Waals surface area contributed by atoms with E-state index >= 15 is 0 Å². The molecule has 14 heavy (non-hydrogen) atoms. The molecule has 5 nitrogen and oxygen atoms in total. The van der Waals surface area contributed by atoms with E-state index in [0.717, 1.165) is 0 Å². The predicted octanol–water partition coefficient (Wildman–Crippen LogP) is 0.758. The number of rotatable bonds is 3. The van der Waals surface area contributed by atoms with Gasteiger partial charge in [0.25, 0.3) is 5.91 Å². The van der Waals surface area contributed by atoms with Gasteiger partial charge < -0.3 is 10.1 Å². The quantitative estimate of drug-likeness (QED) is 0.773. The number of anilines is 1. The molecule has 0 saturated carbocycles. The molecule has 1 aromatic heterocycles. The van der Waals surface area contributed by atoms with E-state index in [4.69, 9.17) is 4.74 Å². The van der Waals surface area contributed by atoms with Crippen molar-refractivity contribution in [3.8, 4) is 0 Å². The molecule has 0 radical (unpaired) electrons. The molecule has 1 unspecified atom stereocenters. The first-order valence-electron chi connectivity index (χ1n) is 4.26. The Morgan fingerprint density at radius 3 is 2.57 bits per heavy atom. The zero-order valence-electron chi connectivity index (χ0n) is 8.44. The molecule has 0 fully saturated rings. The summed E-state index contributed by atoms with van der Waals surface area (Å²) in [5.41, 5.74) is 0.574. The monoisotopic (exact) mass is 195 g/mol. The molecule has 0 saturated heterocycles. The molecule has 1 N–H and O–H groups in total. The fourth-order valence-electron chi connectivity index (χ4n) is 0.808. The Kier molecular flexibility index (Phi) is 3.53. The third-order valence-electron chi connectivity index (χ3n) is 1.77. The summed E-state index contributed by atoms with van der Waals surface area (Å²) in [6, 6.07) is 0. The van der Waals surface area contributed by atoms with Crippen molar-refractivity contribution in [3.05, 3.63) is 18.2 Å². The highest BCUT2D eigenvalue weighted by molar-refractivity contribution is 5.93. The molecule has 1 atom stereocenters. The van der Waals surface area contributed by atoms with Crippen molar-refractivity contribution in [2.24, 2.45) is 0 Å². The summed E-state index contributed by atoms with van der Waals surface area (Å²) in [6.07, 6.45) is 2.64. The number of nitrogens with one attached hydrogen (secondary N) is 1. The summed E-state index contributed by atoms with van der Waals surface area (Å²) >= 11 is 0. The van der Waals surface area contributed by atoms with Crippen molar-refractivity contribution in [1.29, 1.82) is 0 Å². The minimum atomic E-state index is -0.476. The van der Waals surface area contributed by atoms with Gasteiger partial charge in [0, 0.05) is 7.11 Å². The average Bonchev–Trinajstić information content (AvgIpc) is 2.20. The Bertz CT molecular complexity index is 310. The number of methoxy groups -OCH3 is 1. The smallest absolute Gasteiger partial charge is 0.253 e. The van der Waals surface area contributed by atoms with Crippen molar-refractivity contribution in [3.63, 3.8) is 0 Å². The summed E-state index contributed by atoms with van der Waals surface area (Å²) in [5, 5.41) is 2.63. The highest BCUT2D eigenvalue weighted by Crippen LogP contribution is 2.03. The second kappa shape index (κ2) is 4.66. The minimum Gasteiger partial charge on any atom is -0.372 e. The zero-order chi connectivity index (χ0) is 10.6. The number of amides is 1. The first-order chi connectivity index (χ1) is 6.63. The van der Waals surface area contributed by atoms with Crippen molar-refractivity contribution < 1.29 is 9.53 Å². The van der Waals surface area contributed by atoms with E-state index in [1.807, 2.05) is 0 Å². The van der Waals surface area contributed by atoms with Gasteiger partial charge in [0.1, 0.15) is 11.9 Å². The third kappa shape index (κ3) is 2.77. The number of aryl methyl sites for hydroxylation is 1. The van der Waals surface area contributed by atoms with E-state index in [9.17, 15) is 4.79 Å². The maximum atomic E-state index is 11.3. The Hall–Kier alpha value is -1.49. The van der Waals surface area contributed by atoms with Crippen LogP contribution in [0.3, 0.4) is 0 Å². The second-order valence-corrected chi connectivity index (χ2v) is 2.89. The van der Waals surface area contributed by atoms with Crippen LogP contribution in [-0.2, 0) is 9.53 Å². The lowest BCUT2D eigenvalue weighted by molar-refractivity contribution is -0.124. The highest BCUT2D eigenvalue weighted by atomic mass is 16.5. The standard InChI is InChI=1S/C9H13N3O2/c1-6(14-3)9(13)12-8-4-10-7(2)11-5-8/h4-6H,1-3H3,(H,12,13). The van der Waals surface area contributed by atoms with Crippen LogP contribution in [0.1, 0.15) is 12.7 Å². The molecule has 5 heteroatoms. The Balaban J connectivity index is 2.60. The maximum absolute atomic E-state index is 11.3. The summed E-state index contributed by atoms with van der Waals surface area (Å²) < 4.78 is 4.86. The van der Waals surface area contributed by atoms with Crippen LogP contribution in [-0.4, -0.2) is 29.1 Å². The van der Waals surface area contributed by atoms with Crippen LogP contribution in [0.15, 0.2) is 12.4 Å². The van der Waals surface area contributed by atoms with Crippen LogP contribution in [0.2, 0.25) is 0 Å². The summed E-state index contributed by atoms with van der Waals surface area (Å²) in [4.78, 5) is 19.2. The largest absolute Gasteiger partial charge is 0.372 e. The van der Waals surface area contributed by atoms with E-state index in [1.54, 1.807) is 26.2 Å². The van der Waals surface area contributed by atoms with Crippen LogP contribution >= 0.6 is 0 Å². The molecule has 1 rings (SSSR count). The molecular formula is C9H13N3O2. The van der Waals surface area contributed by atoms with E-state index in [0.29, 0.717) is 11.5 Å². The minimum absolute atomic E-state index is 0.208. The lowest BCUT2D eigenvalue weighted by Gasteiger charge is -2.09. The summed E-state index contributed by atoms with van der Waals surface area (Å²) in [6.45, 7) is 3.45. The lowest BCUT2D eigenvalue weighted by atomic mass is 10.3. The fraction of sp³-hybridized carbons (Fsp3) is 0.444. The molecule has 1 amide bonds. The number of aromatic nitrogens is 2. The first-order valence-corrected chi connectivity index (χ1v) is 4.26. The van der Waals surface area contributed by atoms with E-state index < -0.39 is 6.10 Å². The third-order valence-corrected chi connectivity index (χ3v) is 1.77. The summed E-state index contributed by atoms with van der Waals surface area (Å²) in [7, 11) is 1.48. The van der Waals surface area contributed by atoms with Gasteiger partial charge in [-0.15, -0.1) is 0 Å². The molecular weight excluding hydrogens is 182 g/mol. The van der Waals surface area contributed by atoms with Crippen molar-refractivity contribution in [2.45, 2.75) is 20.0 Å². The second-order valence-electron chi connectivity index (χ2n) is 2.89. The number of ether oxygens (including phenoxy) is 1. The molecule has 76 valence electrons. The lowest BCUT2D eigenvalue weighted by Crippen LogP contribution is -2.26. The number of hydrogen-bond acceptors (Lipinski definition) is 4. The van der Waals surface area contributed by atoms with E-state index in [2.05, 4.69) is 15.3 Å².